The zero-order chi connectivity index (χ0) is 4.99. The first-order chi connectivity index (χ1) is 2.81. The molecule has 2 heteroatoms. The summed E-state index contributed by atoms with van der Waals surface area (Å²) in [5.41, 5.74) is 0. The van der Waals surface area contributed by atoms with Crippen LogP contribution in [0.5, 0.6) is 0 Å². The Morgan fingerprint density at radius 2 is 2.33 bits per heavy atom. The normalized spacial score (nSPS) is 14.5. The van der Waals surface area contributed by atoms with Crippen molar-refractivity contribution < 1.29 is 5.11 Å². The topological polar surface area (TPSA) is 20.2 Å². The van der Waals surface area contributed by atoms with Crippen LogP contribution in [-0.2, 0) is 0 Å². The van der Waals surface area contributed by atoms with E-state index in [4.69, 9.17) is 5.11 Å². The average Bonchev–Trinajstić information content (AvgIpc) is 1.65. The van der Waals surface area contributed by atoms with E-state index in [2.05, 4.69) is 12.6 Å². The minimum absolute atomic E-state index is 0.0741. The Morgan fingerprint density at radius 1 is 1.83 bits per heavy atom. The van der Waals surface area contributed by atoms with Gasteiger partial charge in [0.1, 0.15) is 0 Å². The lowest BCUT2D eigenvalue weighted by Gasteiger charge is -1.95. The number of aliphatic hydroxyl groups excluding tert-OH is 1. The van der Waals surface area contributed by atoms with E-state index in [1.807, 2.05) is 6.92 Å². The molecule has 1 unspecified atom stereocenters. The molecule has 1 radical (unpaired) electrons. The summed E-state index contributed by atoms with van der Waals surface area (Å²) < 4.78 is 0. The van der Waals surface area contributed by atoms with Crippen molar-refractivity contribution >= 4 is 12.6 Å². The third-order valence-electron chi connectivity index (χ3n) is 0.659. The molecule has 1 N–H and O–H groups in total. The van der Waals surface area contributed by atoms with Crippen LogP contribution >= 0.6 is 12.6 Å². The van der Waals surface area contributed by atoms with E-state index in [1.165, 1.54) is 0 Å². The lowest BCUT2D eigenvalue weighted by molar-refractivity contribution is 0.293. The van der Waals surface area contributed by atoms with Crippen LogP contribution in [0.3, 0.4) is 0 Å². The average molecular weight is 105 g/mol. The van der Waals surface area contributed by atoms with E-state index in [9.17, 15) is 0 Å². The van der Waals surface area contributed by atoms with Crippen molar-refractivity contribution in [2.75, 3.05) is 6.61 Å². The molecule has 0 aromatic carbocycles. The standard InChI is InChI=1S/C4H9OS/c1-2-4(6)3-5/h4-5H,2-3H2,1H3. The molecule has 1 atom stereocenters. The molecule has 0 aliphatic carbocycles. The van der Waals surface area contributed by atoms with Crippen molar-refractivity contribution in [3.8, 4) is 0 Å². The molecule has 1 nitrogen and oxygen atoms in total. The smallest absolute Gasteiger partial charge is 0.0558 e. The highest BCUT2D eigenvalue weighted by Crippen LogP contribution is 1.95. The quantitative estimate of drug-likeness (QED) is 0.554. The molecule has 0 rings (SSSR count). The van der Waals surface area contributed by atoms with Gasteiger partial charge in [0.2, 0.25) is 0 Å². The molecule has 0 spiro atoms. The molecule has 37 valence electrons. The Morgan fingerprint density at radius 3 is 2.33 bits per heavy atom. The molecule has 0 aliphatic rings. The third-order valence-corrected chi connectivity index (χ3v) is 1.14. The maximum Gasteiger partial charge on any atom is 0.0558 e. The summed E-state index contributed by atoms with van der Waals surface area (Å²) in [6.07, 6.45) is 0.895. The summed E-state index contributed by atoms with van der Waals surface area (Å²) in [4.78, 5) is 0. The van der Waals surface area contributed by atoms with Crippen molar-refractivity contribution in [3.63, 3.8) is 0 Å². The predicted octanol–water partition coefficient (Wildman–Crippen LogP) is 0.955. The second-order valence-electron chi connectivity index (χ2n) is 1.21. The predicted molar refractivity (Wildman–Crippen MR) is 28.8 cm³/mol. The molecule has 6 heavy (non-hydrogen) atoms. The summed E-state index contributed by atoms with van der Waals surface area (Å²) in [6.45, 7) is 2.11. The molecule has 0 aromatic heterocycles. The SMILES string of the molecule is CCC([S])CO. The lowest BCUT2D eigenvalue weighted by atomic mass is 10.3. The van der Waals surface area contributed by atoms with E-state index < -0.39 is 0 Å². The van der Waals surface area contributed by atoms with Crippen molar-refractivity contribution in [3.05, 3.63) is 0 Å². The van der Waals surface area contributed by atoms with Gasteiger partial charge in [-0.3, -0.25) is 0 Å². The van der Waals surface area contributed by atoms with Crippen LogP contribution in [0.25, 0.3) is 0 Å². The van der Waals surface area contributed by atoms with Crippen LogP contribution in [-0.4, -0.2) is 17.0 Å². The third kappa shape index (κ3) is 2.54. The highest BCUT2D eigenvalue weighted by Gasteiger charge is 1.92. The number of hydrogen-bond donors (Lipinski definition) is 1. The summed E-state index contributed by atoms with van der Waals surface area (Å²) in [5.74, 6) is 0. The Hall–Kier alpha value is 0.310. The molecule has 0 aliphatic heterocycles. The van der Waals surface area contributed by atoms with E-state index in [0.717, 1.165) is 6.42 Å². The monoisotopic (exact) mass is 105 g/mol. The van der Waals surface area contributed by atoms with Gasteiger partial charge in [-0.15, -0.1) is 0 Å². The maximum absolute atomic E-state index is 8.23. The largest absolute Gasteiger partial charge is 0.395 e. The zero-order valence-electron chi connectivity index (χ0n) is 3.85. The van der Waals surface area contributed by atoms with Crippen LogP contribution in [0, 0.1) is 0 Å². The van der Waals surface area contributed by atoms with Crippen molar-refractivity contribution in [2.24, 2.45) is 0 Å². The molecule has 0 aromatic rings. The first kappa shape index (κ1) is 6.31. The Labute approximate surface area is 43.8 Å². The van der Waals surface area contributed by atoms with E-state index in [0.29, 0.717) is 0 Å². The van der Waals surface area contributed by atoms with Gasteiger partial charge in [-0.1, -0.05) is 19.6 Å². The lowest BCUT2D eigenvalue weighted by Crippen LogP contribution is -2.00. The van der Waals surface area contributed by atoms with Gasteiger partial charge < -0.3 is 5.11 Å². The van der Waals surface area contributed by atoms with Gasteiger partial charge in [0.15, 0.2) is 0 Å². The van der Waals surface area contributed by atoms with Gasteiger partial charge in [-0.2, -0.15) is 0 Å². The fourth-order valence-electron chi connectivity index (χ4n) is 0.129. The first-order valence-corrected chi connectivity index (χ1v) is 2.55. The highest BCUT2D eigenvalue weighted by atomic mass is 32.1. The Bertz CT molecular complexity index is 26.7. The maximum atomic E-state index is 8.23. The van der Waals surface area contributed by atoms with E-state index in [1.54, 1.807) is 0 Å². The van der Waals surface area contributed by atoms with Gasteiger partial charge >= 0.3 is 0 Å². The minimum atomic E-state index is 0.0741. The molecule has 0 amide bonds. The van der Waals surface area contributed by atoms with Crippen LogP contribution in [0.2, 0.25) is 0 Å². The van der Waals surface area contributed by atoms with Crippen molar-refractivity contribution in [2.45, 2.75) is 18.6 Å². The van der Waals surface area contributed by atoms with E-state index in [-0.39, 0.29) is 11.9 Å². The van der Waals surface area contributed by atoms with Gasteiger partial charge in [-0.25, -0.2) is 0 Å². The zero-order valence-corrected chi connectivity index (χ0v) is 4.66. The van der Waals surface area contributed by atoms with Gasteiger partial charge in [-0.05, 0) is 6.42 Å². The molecule has 0 saturated carbocycles. The first-order valence-electron chi connectivity index (χ1n) is 2.08. The van der Waals surface area contributed by atoms with Crippen LogP contribution in [0.1, 0.15) is 13.3 Å². The fraction of sp³-hybridized carbons (Fsp3) is 1.00. The number of hydrogen-bond acceptors (Lipinski definition) is 1. The second-order valence-corrected chi connectivity index (χ2v) is 1.88. The van der Waals surface area contributed by atoms with Crippen LogP contribution < -0.4 is 0 Å². The molecule has 0 heterocycles. The summed E-state index contributed by atoms with van der Waals surface area (Å²) in [5, 5.41) is 8.30. The molecular formula is C4H9OS. The van der Waals surface area contributed by atoms with Crippen LogP contribution in [0.4, 0.5) is 0 Å². The molecule has 0 bridgehead atoms. The molecule has 0 saturated heterocycles. The second kappa shape index (κ2) is 3.50. The van der Waals surface area contributed by atoms with Crippen molar-refractivity contribution in [1.29, 1.82) is 0 Å². The van der Waals surface area contributed by atoms with Gasteiger partial charge in [0.25, 0.3) is 0 Å². The van der Waals surface area contributed by atoms with E-state index >= 15 is 0 Å². The molecule has 0 fully saturated rings. The van der Waals surface area contributed by atoms with Gasteiger partial charge in [0, 0.05) is 5.25 Å². The van der Waals surface area contributed by atoms with Crippen LogP contribution in [0.15, 0.2) is 0 Å². The number of rotatable bonds is 2. The molecular weight excluding hydrogens is 96.1 g/mol. The Balaban J connectivity index is 2.75. The fourth-order valence-corrected chi connectivity index (χ4v) is 0.129. The summed E-state index contributed by atoms with van der Waals surface area (Å²) in [6, 6.07) is 0. The number of aliphatic hydroxyl groups is 1. The summed E-state index contributed by atoms with van der Waals surface area (Å²) in [7, 11) is 0. The van der Waals surface area contributed by atoms with Crippen molar-refractivity contribution in [1.82, 2.24) is 0 Å². The summed E-state index contributed by atoms with van der Waals surface area (Å²) >= 11 is 4.69. The highest BCUT2D eigenvalue weighted by molar-refractivity contribution is 7.81. The van der Waals surface area contributed by atoms with Gasteiger partial charge in [0.05, 0.1) is 6.61 Å². The minimum Gasteiger partial charge on any atom is -0.395 e. The Kier molecular flexibility index (Phi) is 3.68.